The lowest BCUT2D eigenvalue weighted by molar-refractivity contribution is -0.146. The molecule has 2 bridgehead atoms. The van der Waals surface area contributed by atoms with Crippen molar-refractivity contribution in [3.8, 4) is 0 Å². The van der Waals surface area contributed by atoms with E-state index in [1.807, 2.05) is 0 Å². The molecule has 20 heavy (non-hydrogen) atoms. The molecule has 0 aromatic carbocycles. The Kier molecular flexibility index (Phi) is 2.35. The van der Waals surface area contributed by atoms with Crippen LogP contribution in [0.3, 0.4) is 0 Å². The predicted octanol–water partition coefficient (Wildman–Crippen LogP) is -0.177. The first-order chi connectivity index (χ1) is 9.58. The first-order valence-corrected chi connectivity index (χ1v) is 7.28. The van der Waals surface area contributed by atoms with Crippen molar-refractivity contribution in [2.24, 2.45) is 23.7 Å². The lowest BCUT2D eigenvalue weighted by Gasteiger charge is -2.42. The van der Waals surface area contributed by atoms with Gasteiger partial charge in [0.25, 0.3) is 0 Å². The van der Waals surface area contributed by atoms with Crippen LogP contribution >= 0.6 is 0 Å². The molecule has 6 heteroatoms. The Bertz CT molecular complexity index is 505. The van der Waals surface area contributed by atoms with E-state index in [0.29, 0.717) is 0 Å². The van der Waals surface area contributed by atoms with Crippen LogP contribution in [-0.4, -0.2) is 34.6 Å². The van der Waals surface area contributed by atoms with Gasteiger partial charge in [-0.2, -0.15) is 0 Å². The highest BCUT2D eigenvalue weighted by Gasteiger charge is 2.60. The molecule has 2 aliphatic heterocycles. The maximum Gasteiger partial charge on any atom is 0.250 e. The number of nitrogens with one attached hydrogen (secondary N) is 1. The van der Waals surface area contributed by atoms with Crippen molar-refractivity contribution in [2.75, 3.05) is 0 Å². The molecule has 5 rings (SSSR count). The number of carbonyl (C=O) groups is 4. The standard InChI is InChI=1S/C14H16N2O4/c17-9-5-8(12(18)15-9)16-13(19)10-6-1-2-7(4-3-6)11(10)14(16)20/h6-8,10-11H,1-5H2,(H,15,17,18). The van der Waals surface area contributed by atoms with Crippen molar-refractivity contribution in [1.29, 1.82) is 0 Å². The quantitative estimate of drug-likeness (QED) is 0.674. The fourth-order valence-corrected chi connectivity index (χ4v) is 4.65. The minimum absolute atomic E-state index is 0.0783. The first kappa shape index (κ1) is 12.1. The number of carbonyl (C=O) groups excluding carboxylic acids is 4. The van der Waals surface area contributed by atoms with Crippen LogP contribution in [0.2, 0.25) is 0 Å². The molecule has 106 valence electrons. The van der Waals surface area contributed by atoms with Crippen LogP contribution in [0, 0.1) is 23.7 Å². The summed E-state index contributed by atoms with van der Waals surface area (Å²) >= 11 is 0. The summed E-state index contributed by atoms with van der Waals surface area (Å²) in [5.41, 5.74) is 0. The molecule has 3 atom stereocenters. The zero-order valence-electron chi connectivity index (χ0n) is 11.0. The molecule has 6 nitrogen and oxygen atoms in total. The maximum absolute atomic E-state index is 12.6. The minimum Gasteiger partial charge on any atom is -0.295 e. The van der Waals surface area contributed by atoms with E-state index >= 15 is 0 Å². The minimum atomic E-state index is -0.910. The molecule has 0 radical (unpaired) electrons. The molecule has 0 aromatic heterocycles. The van der Waals surface area contributed by atoms with Crippen LogP contribution in [0.1, 0.15) is 32.1 Å². The summed E-state index contributed by atoms with van der Waals surface area (Å²) in [7, 11) is 0. The van der Waals surface area contributed by atoms with E-state index in [1.54, 1.807) is 0 Å². The van der Waals surface area contributed by atoms with Gasteiger partial charge in [0.1, 0.15) is 6.04 Å². The molecular weight excluding hydrogens is 260 g/mol. The van der Waals surface area contributed by atoms with Gasteiger partial charge in [-0.1, -0.05) is 0 Å². The Morgan fingerprint density at radius 1 is 0.850 bits per heavy atom. The van der Waals surface area contributed by atoms with Gasteiger partial charge >= 0.3 is 0 Å². The summed E-state index contributed by atoms with van der Waals surface area (Å²) in [5.74, 6) is -1.26. The van der Waals surface area contributed by atoms with E-state index < -0.39 is 17.9 Å². The van der Waals surface area contributed by atoms with Crippen LogP contribution in [0.25, 0.3) is 0 Å². The zero-order valence-corrected chi connectivity index (χ0v) is 11.0. The van der Waals surface area contributed by atoms with Gasteiger partial charge < -0.3 is 0 Å². The summed E-state index contributed by atoms with van der Waals surface area (Å²) in [5, 5.41) is 2.18. The lowest BCUT2D eigenvalue weighted by Crippen LogP contribution is -2.45. The van der Waals surface area contributed by atoms with Gasteiger partial charge in [-0.25, -0.2) is 0 Å². The number of fused-ring (bicyclic) bond motifs is 2. The number of hydrogen-bond acceptors (Lipinski definition) is 4. The van der Waals surface area contributed by atoms with Crippen molar-refractivity contribution >= 4 is 23.6 Å². The molecule has 4 amide bonds. The van der Waals surface area contributed by atoms with Crippen LogP contribution in [-0.2, 0) is 19.2 Å². The fourth-order valence-electron chi connectivity index (χ4n) is 4.65. The second kappa shape index (κ2) is 3.90. The molecule has 5 fully saturated rings. The Hall–Kier alpha value is -1.72. The van der Waals surface area contributed by atoms with Crippen molar-refractivity contribution in [3.63, 3.8) is 0 Å². The third kappa shape index (κ3) is 1.39. The van der Waals surface area contributed by atoms with Crippen LogP contribution in [0.4, 0.5) is 0 Å². The van der Waals surface area contributed by atoms with Crippen molar-refractivity contribution in [1.82, 2.24) is 10.2 Å². The molecule has 3 unspecified atom stereocenters. The number of likely N-dealkylation sites (tertiary alicyclic amines) is 1. The second-order valence-corrected chi connectivity index (χ2v) is 6.41. The topological polar surface area (TPSA) is 83.6 Å². The van der Waals surface area contributed by atoms with Crippen LogP contribution < -0.4 is 5.32 Å². The number of rotatable bonds is 1. The average molecular weight is 276 g/mol. The lowest BCUT2D eigenvalue weighted by atomic mass is 9.59. The van der Waals surface area contributed by atoms with E-state index in [9.17, 15) is 19.2 Å². The fraction of sp³-hybridized carbons (Fsp3) is 0.714. The Morgan fingerprint density at radius 2 is 1.35 bits per heavy atom. The van der Waals surface area contributed by atoms with Gasteiger partial charge in [-0.15, -0.1) is 0 Å². The normalized spacial score (nSPS) is 43.2. The van der Waals surface area contributed by atoms with E-state index in [4.69, 9.17) is 0 Å². The number of amides is 4. The summed E-state index contributed by atoms with van der Waals surface area (Å²) in [4.78, 5) is 49.4. The molecule has 3 saturated carbocycles. The van der Waals surface area contributed by atoms with Gasteiger partial charge in [0.05, 0.1) is 18.3 Å². The third-order valence-electron chi connectivity index (χ3n) is 5.52. The Labute approximate surface area is 115 Å². The van der Waals surface area contributed by atoms with E-state index in [-0.39, 0.29) is 41.9 Å². The predicted molar refractivity (Wildman–Crippen MR) is 65.8 cm³/mol. The van der Waals surface area contributed by atoms with Gasteiger partial charge in [0, 0.05) is 0 Å². The molecular formula is C14H16N2O4. The summed E-state index contributed by atoms with van der Waals surface area (Å²) in [6, 6.07) is -0.910. The summed E-state index contributed by atoms with van der Waals surface area (Å²) in [6.45, 7) is 0. The highest BCUT2D eigenvalue weighted by Crippen LogP contribution is 2.53. The number of hydrogen-bond donors (Lipinski definition) is 1. The zero-order chi connectivity index (χ0) is 14.0. The maximum atomic E-state index is 12.6. The Balaban J connectivity index is 1.69. The molecule has 2 heterocycles. The first-order valence-electron chi connectivity index (χ1n) is 7.28. The van der Waals surface area contributed by atoms with E-state index in [0.717, 1.165) is 30.6 Å². The average Bonchev–Trinajstić information content (AvgIpc) is 2.90. The SMILES string of the molecule is O=C1CC(N2C(=O)C3C4CCC(CC4)C3C2=O)C(=O)N1. The number of imide groups is 2. The molecule has 3 aliphatic carbocycles. The van der Waals surface area contributed by atoms with Crippen molar-refractivity contribution < 1.29 is 19.2 Å². The molecule has 1 N–H and O–H groups in total. The van der Waals surface area contributed by atoms with E-state index in [1.165, 1.54) is 0 Å². The molecule has 0 spiro atoms. The monoisotopic (exact) mass is 276 g/mol. The highest BCUT2D eigenvalue weighted by atomic mass is 16.2. The van der Waals surface area contributed by atoms with Crippen LogP contribution in [0.15, 0.2) is 0 Å². The molecule has 2 saturated heterocycles. The van der Waals surface area contributed by atoms with Crippen LogP contribution in [0.5, 0.6) is 0 Å². The van der Waals surface area contributed by atoms with Gasteiger partial charge in [-0.05, 0) is 37.5 Å². The molecule has 0 aromatic rings. The second-order valence-electron chi connectivity index (χ2n) is 6.41. The van der Waals surface area contributed by atoms with Gasteiger partial charge in [-0.3, -0.25) is 29.4 Å². The van der Waals surface area contributed by atoms with E-state index in [2.05, 4.69) is 5.32 Å². The molecule has 5 aliphatic rings. The van der Waals surface area contributed by atoms with Gasteiger partial charge in [0.2, 0.25) is 23.6 Å². The highest BCUT2D eigenvalue weighted by molar-refractivity contribution is 6.13. The number of nitrogens with zero attached hydrogens (tertiary/aromatic N) is 1. The van der Waals surface area contributed by atoms with Crippen molar-refractivity contribution in [2.45, 2.75) is 38.1 Å². The summed E-state index contributed by atoms with van der Waals surface area (Å²) < 4.78 is 0. The van der Waals surface area contributed by atoms with Gasteiger partial charge in [0.15, 0.2) is 0 Å². The third-order valence-corrected chi connectivity index (χ3v) is 5.52. The Morgan fingerprint density at radius 3 is 1.75 bits per heavy atom. The van der Waals surface area contributed by atoms with Crippen molar-refractivity contribution in [3.05, 3.63) is 0 Å². The largest absolute Gasteiger partial charge is 0.295 e. The smallest absolute Gasteiger partial charge is 0.250 e. The summed E-state index contributed by atoms with van der Waals surface area (Å²) in [6.07, 6.45) is 3.96.